The van der Waals surface area contributed by atoms with E-state index in [4.69, 9.17) is 14.2 Å². The predicted octanol–water partition coefficient (Wildman–Crippen LogP) is 0.680. The Hall–Kier alpha value is -2.70. The summed E-state index contributed by atoms with van der Waals surface area (Å²) >= 11 is 0. The maximum atomic E-state index is 11.9. The van der Waals surface area contributed by atoms with E-state index < -0.39 is 5.69 Å². The van der Waals surface area contributed by atoms with Crippen LogP contribution in [-0.2, 0) is 20.7 Å². The van der Waals surface area contributed by atoms with Crippen molar-refractivity contribution in [1.82, 2.24) is 9.13 Å². The number of aromatic nitrogens is 2. The number of ether oxygens (including phenoxy) is 3. The molecule has 0 atom stereocenters. The summed E-state index contributed by atoms with van der Waals surface area (Å²) in [7, 11) is 6.06. The average molecular weight is 306 g/mol. The van der Waals surface area contributed by atoms with Gasteiger partial charge in [-0.05, 0) is 12.1 Å². The lowest BCUT2D eigenvalue weighted by Crippen LogP contribution is -2.38. The molecular weight excluding hydrogens is 288 g/mol. The maximum absolute atomic E-state index is 11.9. The average Bonchev–Trinajstić information content (AvgIpc) is 2.54. The summed E-state index contributed by atoms with van der Waals surface area (Å²) in [4.78, 5) is 23.6. The Morgan fingerprint density at radius 3 is 2.14 bits per heavy atom. The van der Waals surface area contributed by atoms with Crippen molar-refractivity contribution in [1.29, 1.82) is 0 Å². The topological polar surface area (TPSA) is 71.7 Å². The van der Waals surface area contributed by atoms with Gasteiger partial charge in [0.05, 0.1) is 19.9 Å². The second-order valence-corrected chi connectivity index (χ2v) is 4.65. The van der Waals surface area contributed by atoms with Gasteiger partial charge in [-0.1, -0.05) is 6.07 Å². The van der Waals surface area contributed by atoms with E-state index in [2.05, 4.69) is 0 Å². The third-order valence-corrected chi connectivity index (χ3v) is 3.37. The van der Waals surface area contributed by atoms with Crippen molar-refractivity contribution in [3.8, 4) is 17.2 Å². The second-order valence-electron chi connectivity index (χ2n) is 4.65. The van der Waals surface area contributed by atoms with Crippen LogP contribution in [0, 0.1) is 0 Å². The molecular formula is C15H18N2O5. The van der Waals surface area contributed by atoms with E-state index in [1.54, 1.807) is 25.2 Å². The highest BCUT2D eigenvalue weighted by molar-refractivity contribution is 5.51. The van der Waals surface area contributed by atoms with Gasteiger partial charge >= 0.3 is 5.69 Å². The van der Waals surface area contributed by atoms with E-state index in [0.29, 0.717) is 22.9 Å². The van der Waals surface area contributed by atoms with E-state index in [9.17, 15) is 9.59 Å². The van der Waals surface area contributed by atoms with Crippen molar-refractivity contribution in [2.75, 3.05) is 14.2 Å². The molecule has 0 aliphatic heterocycles. The largest absolute Gasteiger partial charge is 0.493 e. The van der Waals surface area contributed by atoms with Gasteiger partial charge in [0.1, 0.15) is 6.61 Å². The van der Waals surface area contributed by atoms with Crippen LogP contribution in [0.4, 0.5) is 0 Å². The smallest absolute Gasteiger partial charge is 0.330 e. The predicted molar refractivity (Wildman–Crippen MR) is 80.8 cm³/mol. The van der Waals surface area contributed by atoms with Crippen LogP contribution in [-0.4, -0.2) is 23.4 Å². The molecule has 118 valence electrons. The van der Waals surface area contributed by atoms with E-state index in [0.717, 1.165) is 4.57 Å². The summed E-state index contributed by atoms with van der Waals surface area (Å²) in [5, 5.41) is 0. The Morgan fingerprint density at radius 2 is 1.59 bits per heavy atom. The molecule has 2 rings (SSSR count). The van der Waals surface area contributed by atoms with Crippen LogP contribution in [0.15, 0.2) is 33.9 Å². The van der Waals surface area contributed by atoms with E-state index >= 15 is 0 Å². The normalized spacial score (nSPS) is 10.4. The zero-order valence-corrected chi connectivity index (χ0v) is 13.0. The minimum absolute atomic E-state index is 0.0402. The Bertz CT molecular complexity index is 769. The highest BCUT2D eigenvalue weighted by atomic mass is 16.5. The van der Waals surface area contributed by atoms with Crippen molar-refractivity contribution < 1.29 is 14.2 Å². The van der Waals surface area contributed by atoms with Crippen LogP contribution in [0.25, 0.3) is 0 Å². The Kier molecular flexibility index (Phi) is 4.55. The van der Waals surface area contributed by atoms with Crippen molar-refractivity contribution >= 4 is 0 Å². The minimum atomic E-state index is -0.405. The van der Waals surface area contributed by atoms with Crippen LogP contribution in [0.5, 0.6) is 17.2 Å². The lowest BCUT2D eigenvalue weighted by atomic mass is 10.3. The molecule has 0 saturated heterocycles. The zero-order chi connectivity index (χ0) is 16.3. The molecule has 22 heavy (non-hydrogen) atoms. The Balaban J connectivity index is 2.36. The second kappa shape index (κ2) is 6.38. The fourth-order valence-corrected chi connectivity index (χ4v) is 2.02. The molecule has 7 heteroatoms. The van der Waals surface area contributed by atoms with Crippen molar-refractivity contribution in [3.05, 3.63) is 50.8 Å². The number of benzene rings is 1. The molecule has 2 aromatic rings. The van der Waals surface area contributed by atoms with Crippen LogP contribution >= 0.6 is 0 Å². The first-order valence-electron chi connectivity index (χ1n) is 6.59. The molecule has 7 nitrogen and oxygen atoms in total. The molecule has 0 fully saturated rings. The number of methoxy groups -OCH3 is 2. The molecule has 0 saturated carbocycles. The van der Waals surface area contributed by atoms with Gasteiger partial charge in [-0.15, -0.1) is 0 Å². The quantitative estimate of drug-likeness (QED) is 0.812. The van der Waals surface area contributed by atoms with Gasteiger partial charge in [0.25, 0.3) is 5.56 Å². The molecule has 1 aromatic heterocycles. The summed E-state index contributed by atoms with van der Waals surface area (Å²) in [5.41, 5.74) is -0.326. The maximum Gasteiger partial charge on any atom is 0.330 e. The molecule has 0 radical (unpaired) electrons. The molecule has 0 aliphatic carbocycles. The number of hydrogen-bond donors (Lipinski definition) is 0. The number of nitrogens with zero attached hydrogens (tertiary/aromatic N) is 2. The van der Waals surface area contributed by atoms with Crippen molar-refractivity contribution in [2.24, 2.45) is 14.1 Å². The van der Waals surface area contributed by atoms with Gasteiger partial charge < -0.3 is 14.2 Å². The first-order chi connectivity index (χ1) is 10.5. The van der Waals surface area contributed by atoms with Gasteiger partial charge in [0.2, 0.25) is 5.75 Å². The number of para-hydroxylation sites is 1. The highest BCUT2D eigenvalue weighted by Gasteiger charge is 2.13. The summed E-state index contributed by atoms with van der Waals surface area (Å²) in [5.74, 6) is 1.43. The molecule has 0 bridgehead atoms. The molecule has 1 aromatic carbocycles. The number of rotatable bonds is 5. The molecule has 0 unspecified atom stereocenters. The van der Waals surface area contributed by atoms with Gasteiger partial charge in [0, 0.05) is 20.2 Å². The van der Waals surface area contributed by atoms with Crippen LogP contribution in [0.1, 0.15) is 5.69 Å². The van der Waals surface area contributed by atoms with Crippen LogP contribution < -0.4 is 25.5 Å². The number of hydrogen-bond acceptors (Lipinski definition) is 5. The first kappa shape index (κ1) is 15.7. The molecule has 0 amide bonds. The van der Waals surface area contributed by atoms with Crippen molar-refractivity contribution in [2.45, 2.75) is 6.61 Å². The third kappa shape index (κ3) is 2.83. The third-order valence-electron chi connectivity index (χ3n) is 3.37. The van der Waals surface area contributed by atoms with E-state index in [1.165, 1.54) is 31.9 Å². The molecule has 1 heterocycles. The van der Waals surface area contributed by atoms with Gasteiger partial charge in [-0.25, -0.2) is 4.79 Å². The van der Waals surface area contributed by atoms with Crippen LogP contribution in [0.2, 0.25) is 0 Å². The fraction of sp³-hybridized carbons (Fsp3) is 0.333. The molecule has 0 aliphatic rings. The first-order valence-corrected chi connectivity index (χ1v) is 6.59. The summed E-state index contributed by atoms with van der Waals surface area (Å²) < 4.78 is 18.6. The van der Waals surface area contributed by atoms with Gasteiger partial charge in [-0.2, -0.15) is 0 Å². The summed E-state index contributed by atoms with van der Waals surface area (Å²) in [6.07, 6.45) is 0. The Morgan fingerprint density at radius 1 is 1.00 bits per heavy atom. The van der Waals surface area contributed by atoms with Crippen LogP contribution in [0.3, 0.4) is 0 Å². The lowest BCUT2D eigenvalue weighted by Gasteiger charge is -2.15. The van der Waals surface area contributed by atoms with E-state index in [-0.39, 0.29) is 12.2 Å². The lowest BCUT2D eigenvalue weighted by molar-refractivity contribution is 0.258. The summed E-state index contributed by atoms with van der Waals surface area (Å²) in [6.45, 7) is 0.0402. The highest BCUT2D eigenvalue weighted by Crippen LogP contribution is 2.37. The fourth-order valence-electron chi connectivity index (χ4n) is 2.02. The summed E-state index contributed by atoms with van der Waals surface area (Å²) in [6, 6.07) is 6.61. The standard InChI is InChI=1S/C15H18N2O5/c1-16-10(8-13(18)17(2)15(16)19)9-22-14-11(20-3)6-5-7-12(14)21-4/h5-8H,9H2,1-4H3. The SMILES string of the molecule is COc1cccc(OC)c1OCc1cc(=O)n(C)c(=O)n1C. The monoisotopic (exact) mass is 306 g/mol. The molecule has 0 N–H and O–H groups in total. The minimum Gasteiger partial charge on any atom is -0.493 e. The zero-order valence-electron chi connectivity index (χ0n) is 13.0. The Labute approximate surface area is 127 Å². The van der Waals surface area contributed by atoms with Gasteiger partial charge in [0.15, 0.2) is 11.5 Å². The molecule has 0 spiro atoms. The van der Waals surface area contributed by atoms with Gasteiger partial charge in [-0.3, -0.25) is 13.9 Å². The van der Waals surface area contributed by atoms with E-state index in [1.807, 2.05) is 0 Å². The van der Waals surface area contributed by atoms with Crippen molar-refractivity contribution in [3.63, 3.8) is 0 Å².